The summed E-state index contributed by atoms with van der Waals surface area (Å²) in [6.07, 6.45) is 2.23. The van der Waals surface area contributed by atoms with Crippen LogP contribution in [-0.4, -0.2) is 23.9 Å². The summed E-state index contributed by atoms with van der Waals surface area (Å²) in [5, 5.41) is 0. The third-order valence-corrected chi connectivity index (χ3v) is 4.57. The maximum absolute atomic E-state index is 12.7. The van der Waals surface area contributed by atoms with Gasteiger partial charge in [-0.25, -0.2) is 0 Å². The van der Waals surface area contributed by atoms with Crippen LogP contribution in [0.25, 0.3) is 11.1 Å². The van der Waals surface area contributed by atoms with Crippen LogP contribution in [-0.2, 0) is 0 Å². The van der Waals surface area contributed by atoms with Gasteiger partial charge in [-0.2, -0.15) is 0 Å². The molecule has 1 amide bonds. The van der Waals surface area contributed by atoms with Crippen LogP contribution in [0.2, 0.25) is 0 Å². The smallest absolute Gasteiger partial charge is 0.253 e. The summed E-state index contributed by atoms with van der Waals surface area (Å²) in [4.78, 5) is 14.7. The molecule has 3 rings (SSSR count). The van der Waals surface area contributed by atoms with Crippen molar-refractivity contribution in [2.45, 2.75) is 26.7 Å². The Morgan fingerprint density at radius 3 is 2.36 bits per heavy atom. The van der Waals surface area contributed by atoms with Crippen LogP contribution >= 0.6 is 0 Å². The van der Waals surface area contributed by atoms with Crippen molar-refractivity contribution in [1.82, 2.24) is 4.90 Å². The van der Waals surface area contributed by atoms with E-state index in [4.69, 9.17) is 0 Å². The number of likely N-dealkylation sites (tertiary alicyclic amines) is 1. The number of nitrogens with zero attached hydrogens (tertiary/aromatic N) is 1. The molecule has 2 nitrogen and oxygen atoms in total. The van der Waals surface area contributed by atoms with Gasteiger partial charge in [-0.15, -0.1) is 0 Å². The number of benzene rings is 2. The average Bonchev–Trinajstić information content (AvgIpc) is 2.56. The number of amides is 1. The molecule has 0 unspecified atom stereocenters. The standard InChI is InChI=1S/C20H23NO/c1-15-6-8-17(9-7-15)18-4-3-5-19(14-18)20(22)21-12-10-16(2)11-13-21/h3-9,14,16H,10-13H2,1-2H3. The number of rotatable bonds is 2. The number of aryl methyl sites for hydroxylation is 1. The second-order valence-electron chi connectivity index (χ2n) is 6.42. The molecule has 2 aromatic rings. The number of carbonyl (C=O) groups excluding carboxylic acids is 1. The zero-order valence-corrected chi connectivity index (χ0v) is 13.4. The van der Waals surface area contributed by atoms with E-state index in [2.05, 4.69) is 44.2 Å². The Morgan fingerprint density at radius 1 is 1.00 bits per heavy atom. The molecule has 1 saturated heterocycles. The van der Waals surface area contributed by atoms with Crippen molar-refractivity contribution in [2.75, 3.05) is 13.1 Å². The summed E-state index contributed by atoms with van der Waals surface area (Å²) in [6, 6.07) is 16.4. The van der Waals surface area contributed by atoms with Crippen LogP contribution in [0.3, 0.4) is 0 Å². The topological polar surface area (TPSA) is 20.3 Å². The highest BCUT2D eigenvalue weighted by Gasteiger charge is 2.21. The predicted molar refractivity (Wildman–Crippen MR) is 90.9 cm³/mol. The summed E-state index contributed by atoms with van der Waals surface area (Å²) in [7, 11) is 0. The van der Waals surface area contributed by atoms with Crippen molar-refractivity contribution >= 4 is 5.91 Å². The molecule has 2 aromatic carbocycles. The second-order valence-corrected chi connectivity index (χ2v) is 6.42. The van der Waals surface area contributed by atoms with Crippen molar-refractivity contribution in [1.29, 1.82) is 0 Å². The molecular formula is C20H23NO. The summed E-state index contributed by atoms with van der Waals surface area (Å²) < 4.78 is 0. The van der Waals surface area contributed by atoms with E-state index in [0.29, 0.717) is 0 Å². The highest BCUT2D eigenvalue weighted by molar-refractivity contribution is 5.95. The van der Waals surface area contributed by atoms with Gasteiger partial charge in [0.2, 0.25) is 0 Å². The lowest BCUT2D eigenvalue weighted by Crippen LogP contribution is -2.37. The second kappa shape index (κ2) is 6.35. The Bertz CT molecular complexity index is 652. The molecule has 22 heavy (non-hydrogen) atoms. The summed E-state index contributed by atoms with van der Waals surface area (Å²) in [6.45, 7) is 6.12. The monoisotopic (exact) mass is 293 g/mol. The highest BCUT2D eigenvalue weighted by Crippen LogP contribution is 2.23. The number of carbonyl (C=O) groups is 1. The van der Waals surface area contributed by atoms with Crippen molar-refractivity contribution in [3.63, 3.8) is 0 Å². The van der Waals surface area contributed by atoms with E-state index in [1.165, 1.54) is 5.56 Å². The molecule has 0 bridgehead atoms. The zero-order chi connectivity index (χ0) is 15.5. The molecule has 1 heterocycles. The molecule has 0 radical (unpaired) electrons. The van der Waals surface area contributed by atoms with E-state index in [-0.39, 0.29) is 5.91 Å². The summed E-state index contributed by atoms with van der Waals surface area (Å²) in [5.74, 6) is 0.906. The number of hydrogen-bond acceptors (Lipinski definition) is 1. The highest BCUT2D eigenvalue weighted by atomic mass is 16.2. The third-order valence-electron chi connectivity index (χ3n) is 4.57. The van der Waals surface area contributed by atoms with Gasteiger partial charge >= 0.3 is 0 Å². The lowest BCUT2D eigenvalue weighted by molar-refractivity contribution is 0.0697. The third kappa shape index (κ3) is 3.22. The predicted octanol–water partition coefficient (Wildman–Crippen LogP) is 4.53. The molecule has 1 fully saturated rings. The van der Waals surface area contributed by atoms with Crippen LogP contribution in [0, 0.1) is 12.8 Å². The minimum absolute atomic E-state index is 0.167. The Morgan fingerprint density at radius 2 is 1.68 bits per heavy atom. The average molecular weight is 293 g/mol. The molecule has 0 atom stereocenters. The quantitative estimate of drug-likeness (QED) is 0.796. The SMILES string of the molecule is Cc1ccc(-c2cccc(C(=O)N3CCC(C)CC3)c2)cc1. The molecule has 0 aromatic heterocycles. The first-order valence-corrected chi connectivity index (χ1v) is 8.10. The van der Waals surface area contributed by atoms with Gasteiger partial charge < -0.3 is 4.90 Å². The van der Waals surface area contributed by atoms with Gasteiger partial charge in [0.1, 0.15) is 0 Å². The fourth-order valence-corrected chi connectivity index (χ4v) is 2.97. The van der Waals surface area contributed by atoms with Crippen LogP contribution < -0.4 is 0 Å². The van der Waals surface area contributed by atoms with E-state index >= 15 is 0 Å². The van der Waals surface area contributed by atoms with E-state index in [1.807, 2.05) is 23.1 Å². The molecule has 1 aliphatic heterocycles. The molecule has 2 heteroatoms. The summed E-state index contributed by atoms with van der Waals surface area (Å²) in [5.41, 5.74) is 4.31. The first-order chi connectivity index (χ1) is 10.6. The van der Waals surface area contributed by atoms with Crippen LogP contribution in [0.15, 0.2) is 48.5 Å². The van der Waals surface area contributed by atoms with Gasteiger partial charge in [-0.1, -0.05) is 48.9 Å². The minimum atomic E-state index is 0.167. The lowest BCUT2D eigenvalue weighted by atomic mass is 9.97. The van der Waals surface area contributed by atoms with Crippen LogP contribution in [0.1, 0.15) is 35.7 Å². The molecule has 0 saturated carbocycles. The molecule has 0 N–H and O–H groups in total. The van der Waals surface area contributed by atoms with Gasteiger partial charge in [0.25, 0.3) is 5.91 Å². The van der Waals surface area contributed by atoms with Gasteiger partial charge in [0, 0.05) is 18.7 Å². The zero-order valence-electron chi connectivity index (χ0n) is 13.4. The van der Waals surface area contributed by atoms with Crippen LogP contribution in [0.4, 0.5) is 0 Å². The number of piperidine rings is 1. The Labute approximate surface area is 132 Å². The van der Waals surface area contributed by atoms with E-state index in [0.717, 1.165) is 48.5 Å². The first kappa shape index (κ1) is 14.8. The molecule has 114 valence electrons. The van der Waals surface area contributed by atoms with Gasteiger partial charge in [-0.05, 0) is 48.9 Å². The van der Waals surface area contributed by atoms with Crippen LogP contribution in [0.5, 0.6) is 0 Å². The fourth-order valence-electron chi connectivity index (χ4n) is 2.97. The van der Waals surface area contributed by atoms with Crippen molar-refractivity contribution < 1.29 is 4.79 Å². The maximum Gasteiger partial charge on any atom is 0.253 e. The lowest BCUT2D eigenvalue weighted by Gasteiger charge is -2.30. The van der Waals surface area contributed by atoms with E-state index < -0.39 is 0 Å². The fraction of sp³-hybridized carbons (Fsp3) is 0.350. The van der Waals surface area contributed by atoms with Gasteiger partial charge in [0.15, 0.2) is 0 Å². The van der Waals surface area contributed by atoms with Gasteiger partial charge in [0.05, 0.1) is 0 Å². The first-order valence-electron chi connectivity index (χ1n) is 8.10. The summed E-state index contributed by atoms with van der Waals surface area (Å²) >= 11 is 0. The van der Waals surface area contributed by atoms with Crippen molar-refractivity contribution in [3.8, 4) is 11.1 Å². The van der Waals surface area contributed by atoms with E-state index in [1.54, 1.807) is 0 Å². The largest absolute Gasteiger partial charge is 0.339 e. The molecule has 0 aliphatic carbocycles. The Hall–Kier alpha value is -2.09. The number of hydrogen-bond donors (Lipinski definition) is 0. The Kier molecular flexibility index (Phi) is 4.28. The molecule has 0 spiro atoms. The minimum Gasteiger partial charge on any atom is -0.339 e. The normalized spacial score (nSPS) is 15.8. The van der Waals surface area contributed by atoms with Crippen molar-refractivity contribution in [3.05, 3.63) is 59.7 Å². The van der Waals surface area contributed by atoms with Gasteiger partial charge in [-0.3, -0.25) is 4.79 Å². The Balaban J connectivity index is 1.81. The van der Waals surface area contributed by atoms with E-state index in [9.17, 15) is 4.79 Å². The molecular weight excluding hydrogens is 270 g/mol. The van der Waals surface area contributed by atoms with Crippen molar-refractivity contribution in [2.24, 2.45) is 5.92 Å². The molecule has 1 aliphatic rings. The maximum atomic E-state index is 12.7.